The molecule has 8 nitrogen and oxygen atoms in total. The summed E-state index contributed by atoms with van der Waals surface area (Å²) in [6.07, 6.45) is 3.46. The third kappa shape index (κ3) is 6.51. The summed E-state index contributed by atoms with van der Waals surface area (Å²) >= 11 is 0. The average Bonchev–Trinajstić information content (AvgIpc) is 2.67. The molecule has 1 aliphatic heterocycles. The summed E-state index contributed by atoms with van der Waals surface area (Å²) < 4.78 is 5.41. The van der Waals surface area contributed by atoms with Crippen molar-refractivity contribution >= 4 is 17.3 Å². The van der Waals surface area contributed by atoms with Crippen molar-refractivity contribution in [1.29, 1.82) is 0 Å². The molecule has 0 amide bonds. The number of non-ortho nitro benzene ring substituents is 1. The average molecular weight is 363 g/mol. The molecule has 1 aromatic carbocycles. The van der Waals surface area contributed by atoms with Gasteiger partial charge in [-0.2, -0.15) is 0 Å². The maximum atomic E-state index is 10.6. The molecule has 1 aliphatic rings. The van der Waals surface area contributed by atoms with E-state index in [4.69, 9.17) is 4.74 Å². The summed E-state index contributed by atoms with van der Waals surface area (Å²) in [6, 6.07) is 6.43. The van der Waals surface area contributed by atoms with Crippen LogP contribution >= 0.6 is 0 Å². The maximum Gasteiger partial charge on any atom is 0.269 e. The van der Waals surface area contributed by atoms with Gasteiger partial charge in [0.2, 0.25) is 0 Å². The van der Waals surface area contributed by atoms with Crippen molar-refractivity contribution in [3.8, 4) is 0 Å². The Morgan fingerprint density at radius 2 is 2.00 bits per heavy atom. The Bertz CT molecular complexity index is 585. The molecule has 1 fully saturated rings. The topological polar surface area (TPSA) is 92.0 Å². The molecule has 8 heteroatoms. The molecular formula is C18H29N5O3. The van der Waals surface area contributed by atoms with E-state index in [0.29, 0.717) is 13.1 Å². The minimum Gasteiger partial charge on any atom is -0.383 e. The predicted octanol–water partition coefficient (Wildman–Crippen LogP) is 2.33. The molecule has 0 atom stereocenters. The Labute approximate surface area is 154 Å². The number of nitro groups is 1. The van der Waals surface area contributed by atoms with Gasteiger partial charge in [0.25, 0.3) is 5.69 Å². The number of aliphatic imine (C=N–C) groups is 1. The maximum absolute atomic E-state index is 10.6. The van der Waals surface area contributed by atoms with E-state index in [1.54, 1.807) is 19.2 Å². The van der Waals surface area contributed by atoms with Crippen LogP contribution in [0.3, 0.4) is 0 Å². The van der Waals surface area contributed by atoms with Crippen LogP contribution in [0.1, 0.15) is 19.3 Å². The van der Waals surface area contributed by atoms with Crippen molar-refractivity contribution < 1.29 is 9.66 Å². The van der Waals surface area contributed by atoms with E-state index in [-0.39, 0.29) is 5.69 Å². The smallest absolute Gasteiger partial charge is 0.269 e. The zero-order chi connectivity index (χ0) is 18.8. The van der Waals surface area contributed by atoms with E-state index in [1.807, 2.05) is 0 Å². The highest BCUT2D eigenvalue weighted by molar-refractivity contribution is 5.79. The number of ether oxygens (including phenoxy) is 1. The summed E-state index contributed by atoms with van der Waals surface area (Å²) in [5, 5.41) is 17.2. The van der Waals surface area contributed by atoms with Crippen LogP contribution < -0.4 is 10.6 Å². The zero-order valence-corrected chi connectivity index (χ0v) is 15.6. The van der Waals surface area contributed by atoms with Crippen molar-refractivity contribution in [3.63, 3.8) is 0 Å². The number of hydrogen-bond acceptors (Lipinski definition) is 5. The van der Waals surface area contributed by atoms with Crippen LogP contribution in [0, 0.1) is 16.0 Å². The third-order valence-electron chi connectivity index (χ3n) is 4.60. The highest BCUT2D eigenvalue weighted by Gasteiger charge is 2.15. The molecule has 1 aromatic rings. The molecule has 0 unspecified atom stereocenters. The van der Waals surface area contributed by atoms with Gasteiger partial charge in [-0.05, 0) is 37.3 Å². The normalized spacial score (nSPS) is 15.5. The number of rotatable bonds is 8. The molecule has 0 aromatic heterocycles. The monoisotopic (exact) mass is 363 g/mol. The first-order valence-electron chi connectivity index (χ1n) is 9.08. The van der Waals surface area contributed by atoms with Gasteiger partial charge in [-0.1, -0.05) is 0 Å². The second-order valence-electron chi connectivity index (χ2n) is 6.47. The first kappa shape index (κ1) is 20.0. The van der Waals surface area contributed by atoms with Crippen LogP contribution in [0.5, 0.6) is 0 Å². The number of nitrogens with one attached hydrogen (secondary N) is 2. The van der Waals surface area contributed by atoms with Crippen LogP contribution in [0.15, 0.2) is 29.3 Å². The number of guanidine groups is 1. The minimum atomic E-state index is -0.397. The fourth-order valence-electron chi connectivity index (χ4n) is 2.98. The lowest BCUT2D eigenvalue weighted by atomic mass is 9.96. The number of anilines is 1. The predicted molar refractivity (Wildman–Crippen MR) is 104 cm³/mol. The molecule has 26 heavy (non-hydrogen) atoms. The van der Waals surface area contributed by atoms with E-state index in [1.165, 1.54) is 12.1 Å². The molecule has 0 saturated carbocycles. The van der Waals surface area contributed by atoms with Gasteiger partial charge in [-0.15, -0.1) is 0 Å². The Hall–Kier alpha value is -2.35. The number of hydrogen-bond donors (Lipinski definition) is 2. The molecule has 2 N–H and O–H groups in total. The van der Waals surface area contributed by atoms with Gasteiger partial charge in [0, 0.05) is 64.8 Å². The molecule has 1 heterocycles. The number of nitrogens with zero attached hydrogens (tertiary/aromatic N) is 3. The molecule has 0 bridgehead atoms. The van der Waals surface area contributed by atoms with Crippen LogP contribution in [0.25, 0.3) is 0 Å². The van der Waals surface area contributed by atoms with Gasteiger partial charge in [0.05, 0.1) is 4.92 Å². The van der Waals surface area contributed by atoms with E-state index >= 15 is 0 Å². The number of nitro benzene ring substituents is 1. The van der Waals surface area contributed by atoms with Gasteiger partial charge in [-0.3, -0.25) is 15.1 Å². The third-order valence-corrected chi connectivity index (χ3v) is 4.60. The lowest BCUT2D eigenvalue weighted by Gasteiger charge is -2.26. The van der Waals surface area contributed by atoms with Gasteiger partial charge < -0.3 is 20.3 Å². The van der Waals surface area contributed by atoms with Gasteiger partial charge in [0.15, 0.2) is 5.96 Å². The largest absolute Gasteiger partial charge is 0.383 e. The SMILES string of the molecule is CN=C(NCCNc1ccc([N+](=O)[O-])cc1)N(C)CCC1CCOCC1. The van der Waals surface area contributed by atoms with Crippen molar-refractivity contribution in [2.45, 2.75) is 19.3 Å². The summed E-state index contributed by atoms with van der Waals surface area (Å²) in [7, 11) is 3.84. The molecule has 1 saturated heterocycles. The zero-order valence-electron chi connectivity index (χ0n) is 15.6. The summed E-state index contributed by atoms with van der Waals surface area (Å²) in [5.74, 6) is 1.62. The van der Waals surface area contributed by atoms with Crippen LogP contribution in [-0.4, -0.2) is 62.7 Å². The second kappa shape index (κ2) is 10.6. The van der Waals surface area contributed by atoms with Crippen molar-refractivity contribution in [1.82, 2.24) is 10.2 Å². The van der Waals surface area contributed by atoms with Crippen molar-refractivity contribution in [2.75, 3.05) is 52.3 Å². The lowest BCUT2D eigenvalue weighted by molar-refractivity contribution is -0.384. The summed E-state index contributed by atoms with van der Waals surface area (Å²) in [4.78, 5) is 16.7. The Balaban J connectivity index is 1.66. The molecular weight excluding hydrogens is 334 g/mol. The van der Waals surface area contributed by atoms with E-state index < -0.39 is 4.92 Å². The van der Waals surface area contributed by atoms with Crippen molar-refractivity contribution in [3.05, 3.63) is 34.4 Å². The quantitative estimate of drug-likeness (QED) is 0.242. The van der Waals surface area contributed by atoms with E-state index in [2.05, 4.69) is 27.6 Å². The minimum absolute atomic E-state index is 0.0974. The van der Waals surface area contributed by atoms with Crippen LogP contribution in [0.4, 0.5) is 11.4 Å². The fourth-order valence-corrected chi connectivity index (χ4v) is 2.98. The molecule has 2 rings (SSSR count). The molecule has 0 spiro atoms. The summed E-state index contributed by atoms with van der Waals surface area (Å²) in [6.45, 7) is 4.15. The van der Waals surface area contributed by atoms with Gasteiger partial charge in [-0.25, -0.2) is 0 Å². The van der Waals surface area contributed by atoms with Crippen LogP contribution in [-0.2, 0) is 4.74 Å². The van der Waals surface area contributed by atoms with Crippen molar-refractivity contribution in [2.24, 2.45) is 10.9 Å². The van der Waals surface area contributed by atoms with Gasteiger partial charge >= 0.3 is 0 Å². The fraction of sp³-hybridized carbons (Fsp3) is 0.611. The lowest BCUT2D eigenvalue weighted by Crippen LogP contribution is -2.41. The summed E-state index contributed by atoms with van der Waals surface area (Å²) in [5.41, 5.74) is 0.959. The standard InChI is InChI=1S/C18H29N5O3/c1-19-18(22(2)12-7-15-8-13-26-14-9-15)21-11-10-20-16-3-5-17(6-4-16)23(24)25/h3-6,15,20H,7-14H2,1-2H3,(H,19,21). The highest BCUT2D eigenvalue weighted by Crippen LogP contribution is 2.18. The van der Waals surface area contributed by atoms with Gasteiger partial charge in [0.1, 0.15) is 0 Å². The first-order chi connectivity index (χ1) is 12.6. The molecule has 144 valence electrons. The first-order valence-corrected chi connectivity index (χ1v) is 9.08. The second-order valence-corrected chi connectivity index (χ2v) is 6.47. The number of benzene rings is 1. The Morgan fingerprint density at radius 1 is 1.31 bits per heavy atom. The van der Waals surface area contributed by atoms with Crippen LogP contribution in [0.2, 0.25) is 0 Å². The molecule has 0 aliphatic carbocycles. The van der Waals surface area contributed by atoms with E-state index in [0.717, 1.165) is 56.6 Å². The van der Waals surface area contributed by atoms with E-state index in [9.17, 15) is 10.1 Å². The Kier molecular flexibility index (Phi) is 8.14. The molecule has 0 radical (unpaired) electrons. The highest BCUT2D eigenvalue weighted by atomic mass is 16.6. The Morgan fingerprint density at radius 3 is 2.62 bits per heavy atom.